The third-order valence-corrected chi connectivity index (χ3v) is 1.79. The lowest BCUT2D eigenvalue weighted by Crippen LogP contribution is -1.85. The molecule has 0 fully saturated rings. The van der Waals surface area contributed by atoms with E-state index in [-0.39, 0.29) is 0 Å². The maximum absolute atomic E-state index is 5.70. The number of hydrogen-bond donors (Lipinski definition) is 0. The Hall–Kier alpha value is -1.42. The summed E-state index contributed by atoms with van der Waals surface area (Å²) in [6.07, 6.45) is 6.74. The fourth-order valence-corrected chi connectivity index (χ4v) is 1.18. The number of aryl methyl sites for hydroxylation is 1. The molecule has 13 heavy (non-hydrogen) atoms. The fraction of sp³-hybridized carbons (Fsp3) is 0.125. The Morgan fingerprint density at radius 1 is 1.31 bits per heavy atom. The second-order valence-corrected chi connectivity index (χ2v) is 3.02. The van der Waals surface area contributed by atoms with Crippen LogP contribution < -0.4 is 0 Å². The lowest BCUT2D eigenvalue weighted by atomic mass is 10.3. The van der Waals surface area contributed by atoms with Crippen LogP contribution >= 0.6 is 11.6 Å². The SMILES string of the molecule is Cn1cc(-c2cncc(Cl)n2)cn1. The van der Waals surface area contributed by atoms with E-state index in [1.165, 1.54) is 6.20 Å². The average molecular weight is 195 g/mol. The van der Waals surface area contributed by atoms with Crippen molar-refractivity contribution in [2.45, 2.75) is 0 Å². The van der Waals surface area contributed by atoms with E-state index in [0.717, 1.165) is 11.3 Å². The van der Waals surface area contributed by atoms with Crippen LogP contribution in [0.4, 0.5) is 0 Å². The number of rotatable bonds is 1. The molecule has 0 saturated heterocycles. The van der Waals surface area contributed by atoms with Crippen molar-refractivity contribution in [3.05, 3.63) is 29.9 Å². The molecular weight excluding hydrogens is 188 g/mol. The number of hydrogen-bond acceptors (Lipinski definition) is 3. The third kappa shape index (κ3) is 1.67. The fourth-order valence-electron chi connectivity index (χ4n) is 1.03. The van der Waals surface area contributed by atoms with Crippen molar-refractivity contribution >= 4 is 11.6 Å². The van der Waals surface area contributed by atoms with Crippen molar-refractivity contribution in [2.24, 2.45) is 7.05 Å². The largest absolute Gasteiger partial charge is 0.275 e. The van der Waals surface area contributed by atoms with E-state index in [2.05, 4.69) is 15.1 Å². The topological polar surface area (TPSA) is 43.6 Å². The molecule has 0 bridgehead atoms. The molecule has 2 heterocycles. The van der Waals surface area contributed by atoms with Gasteiger partial charge in [-0.2, -0.15) is 5.10 Å². The minimum absolute atomic E-state index is 0.390. The molecule has 2 aromatic heterocycles. The highest BCUT2D eigenvalue weighted by Gasteiger charge is 2.02. The molecule has 0 aliphatic rings. The van der Waals surface area contributed by atoms with Crippen molar-refractivity contribution in [2.75, 3.05) is 0 Å². The summed E-state index contributed by atoms with van der Waals surface area (Å²) in [6.45, 7) is 0. The van der Waals surface area contributed by atoms with E-state index in [0.29, 0.717) is 5.15 Å². The monoisotopic (exact) mass is 194 g/mol. The van der Waals surface area contributed by atoms with Gasteiger partial charge in [0.05, 0.1) is 24.3 Å². The predicted molar refractivity (Wildman–Crippen MR) is 49.2 cm³/mol. The molecule has 0 saturated carbocycles. The van der Waals surface area contributed by atoms with E-state index in [1.807, 2.05) is 13.2 Å². The highest BCUT2D eigenvalue weighted by molar-refractivity contribution is 6.29. The summed E-state index contributed by atoms with van der Waals surface area (Å²) in [7, 11) is 1.85. The first-order valence-electron chi connectivity index (χ1n) is 3.72. The minimum Gasteiger partial charge on any atom is -0.275 e. The first-order valence-corrected chi connectivity index (χ1v) is 4.10. The molecule has 66 valence electrons. The molecule has 0 unspecified atom stereocenters. The van der Waals surface area contributed by atoms with Crippen LogP contribution in [0, 0.1) is 0 Å². The summed E-state index contributed by atoms with van der Waals surface area (Å²) >= 11 is 5.70. The second kappa shape index (κ2) is 3.14. The number of halogens is 1. The van der Waals surface area contributed by atoms with Gasteiger partial charge in [0, 0.05) is 18.8 Å². The van der Waals surface area contributed by atoms with E-state index >= 15 is 0 Å². The maximum Gasteiger partial charge on any atom is 0.148 e. The summed E-state index contributed by atoms with van der Waals surface area (Å²) in [5.74, 6) is 0. The Kier molecular flexibility index (Phi) is 1.98. The third-order valence-electron chi connectivity index (χ3n) is 1.61. The van der Waals surface area contributed by atoms with Gasteiger partial charge in [-0.15, -0.1) is 0 Å². The standard InChI is InChI=1S/C8H7ClN4/c1-13-5-6(2-11-13)7-3-10-4-8(9)12-7/h2-5H,1H3. The molecule has 0 atom stereocenters. The second-order valence-electron chi connectivity index (χ2n) is 2.63. The molecule has 5 heteroatoms. The van der Waals surface area contributed by atoms with Crippen LogP contribution in [0.5, 0.6) is 0 Å². The summed E-state index contributed by atoms with van der Waals surface area (Å²) in [5, 5.41) is 4.42. The summed E-state index contributed by atoms with van der Waals surface area (Å²) in [5.41, 5.74) is 1.65. The predicted octanol–water partition coefficient (Wildman–Crippen LogP) is 1.53. The molecule has 0 amide bonds. The zero-order chi connectivity index (χ0) is 9.26. The lowest BCUT2D eigenvalue weighted by molar-refractivity contribution is 0.768. The van der Waals surface area contributed by atoms with Gasteiger partial charge in [0.25, 0.3) is 0 Å². The highest BCUT2D eigenvalue weighted by Crippen LogP contribution is 2.15. The van der Waals surface area contributed by atoms with Gasteiger partial charge in [0.1, 0.15) is 5.15 Å². The molecule has 0 aromatic carbocycles. The normalized spacial score (nSPS) is 10.3. The van der Waals surface area contributed by atoms with Gasteiger partial charge in [-0.3, -0.25) is 9.67 Å². The molecule has 0 radical (unpaired) electrons. The average Bonchev–Trinajstić information content (AvgIpc) is 2.52. The van der Waals surface area contributed by atoms with Crippen LogP contribution in [0.15, 0.2) is 24.8 Å². The maximum atomic E-state index is 5.70. The van der Waals surface area contributed by atoms with E-state index in [9.17, 15) is 0 Å². The molecule has 0 aliphatic carbocycles. The van der Waals surface area contributed by atoms with Crippen LogP contribution in [0.2, 0.25) is 5.15 Å². The van der Waals surface area contributed by atoms with E-state index < -0.39 is 0 Å². The van der Waals surface area contributed by atoms with E-state index in [4.69, 9.17) is 11.6 Å². The van der Waals surface area contributed by atoms with Gasteiger partial charge in [-0.1, -0.05) is 11.6 Å². The first-order chi connectivity index (χ1) is 6.25. The molecule has 0 spiro atoms. The Morgan fingerprint density at radius 2 is 2.15 bits per heavy atom. The van der Waals surface area contributed by atoms with Gasteiger partial charge in [-0.25, -0.2) is 4.98 Å². The van der Waals surface area contributed by atoms with Crippen LogP contribution in [0.3, 0.4) is 0 Å². The number of nitrogens with zero attached hydrogens (tertiary/aromatic N) is 4. The van der Waals surface area contributed by atoms with Crippen molar-refractivity contribution in [1.82, 2.24) is 19.7 Å². The Bertz CT molecular complexity index is 424. The van der Waals surface area contributed by atoms with Crippen molar-refractivity contribution in [1.29, 1.82) is 0 Å². The Morgan fingerprint density at radius 3 is 2.77 bits per heavy atom. The summed E-state index contributed by atoms with van der Waals surface area (Å²) in [4.78, 5) is 8.04. The summed E-state index contributed by atoms with van der Waals surface area (Å²) in [6, 6.07) is 0. The van der Waals surface area contributed by atoms with Crippen molar-refractivity contribution < 1.29 is 0 Å². The quantitative estimate of drug-likeness (QED) is 0.692. The highest BCUT2D eigenvalue weighted by atomic mass is 35.5. The first kappa shape index (κ1) is 8.19. The minimum atomic E-state index is 0.390. The van der Waals surface area contributed by atoms with Crippen molar-refractivity contribution in [3.8, 4) is 11.3 Å². The Balaban J connectivity index is 2.46. The van der Waals surface area contributed by atoms with Crippen LogP contribution in [0.1, 0.15) is 0 Å². The van der Waals surface area contributed by atoms with Gasteiger partial charge in [-0.05, 0) is 0 Å². The molecule has 0 aliphatic heterocycles. The molecule has 2 rings (SSSR count). The molecule has 2 aromatic rings. The Labute approximate surface area is 80.2 Å². The van der Waals surface area contributed by atoms with E-state index in [1.54, 1.807) is 17.1 Å². The molecule has 0 N–H and O–H groups in total. The zero-order valence-corrected chi connectivity index (χ0v) is 7.73. The summed E-state index contributed by atoms with van der Waals surface area (Å²) < 4.78 is 1.71. The van der Waals surface area contributed by atoms with Crippen LogP contribution in [-0.4, -0.2) is 19.7 Å². The van der Waals surface area contributed by atoms with Gasteiger partial charge < -0.3 is 0 Å². The van der Waals surface area contributed by atoms with Crippen LogP contribution in [-0.2, 0) is 7.05 Å². The van der Waals surface area contributed by atoms with Gasteiger partial charge in [0.2, 0.25) is 0 Å². The molecular formula is C8H7ClN4. The van der Waals surface area contributed by atoms with Crippen LogP contribution in [0.25, 0.3) is 11.3 Å². The van der Waals surface area contributed by atoms with Gasteiger partial charge >= 0.3 is 0 Å². The van der Waals surface area contributed by atoms with Crippen molar-refractivity contribution in [3.63, 3.8) is 0 Å². The molecule has 4 nitrogen and oxygen atoms in total. The lowest BCUT2D eigenvalue weighted by Gasteiger charge is -1.94. The zero-order valence-electron chi connectivity index (χ0n) is 6.98. The number of aromatic nitrogens is 4. The smallest absolute Gasteiger partial charge is 0.148 e. The van der Waals surface area contributed by atoms with Gasteiger partial charge in [0.15, 0.2) is 0 Å².